The second-order valence-corrected chi connectivity index (χ2v) is 6.22. The summed E-state index contributed by atoms with van der Waals surface area (Å²) in [5, 5.41) is 3.76. The number of hydrogen-bond donors (Lipinski definition) is 2. The summed E-state index contributed by atoms with van der Waals surface area (Å²) in [6.45, 7) is 2.90. The van der Waals surface area contributed by atoms with E-state index in [1.165, 1.54) is 14.2 Å². The number of ether oxygens (including phenoxy) is 2. The number of hydrogen-bond acceptors (Lipinski definition) is 7. The molecule has 20 heavy (non-hydrogen) atoms. The van der Waals surface area contributed by atoms with Gasteiger partial charge in [0.25, 0.3) is 0 Å². The third kappa shape index (κ3) is 2.72. The zero-order valence-electron chi connectivity index (χ0n) is 11.7. The standard InChI is InChI=1S/C13H18N2O4S/c1-13(4-5-13)6-15-10-7(11(16)18-2)8(14)9(20-10)12(17)19-3/h15H,4-6,14H2,1-3H3. The molecule has 0 unspecified atom stereocenters. The molecule has 0 saturated heterocycles. The van der Waals surface area contributed by atoms with Crippen molar-refractivity contribution < 1.29 is 19.1 Å². The smallest absolute Gasteiger partial charge is 0.350 e. The van der Waals surface area contributed by atoms with Crippen LogP contribution in [0.1, 0.15) is 39.8 Å². The number of anilines is 2. The van der Waals surface area contributed by atoms with E-state index >= 15 is 0 Å². The average molecular weight is 298 g/mol. The lowest BCUT2D eigenvalue weighted by molar-refractivity contribution is 0.0602. The molecule has 1 aromatic rings. The highest BCUT2D eigenvalue weighted by Crippen LogP contribution is 2.46. The van der Waals surface area contributed by atoms with Crippen LogP contribution < -0.4 is 11.1 Å². The number of thiophene rings is 1. The normalized spacial score (nSPS) is 15.6. The molecule has 3 N–H and O–H groups in total. The van der Waals surface area contributed by atoms with Crippen LogP contribution in [0.3, 0.4) is 0 Å². The van der Waals surface area contributed by atoms with Gasteiger partial charge in [0.1, 0.15) is 15.4 Å². The Balaban J connectivity index is 2.32. The second kappa shape index (κ2) is 5.32. The lowest BCUT2D eigenvalue weighted by Crippen LogP contribution is -2.14. The predicted molar refractivity (Wildman–Crippen MR) is 77.2 cm³/mol. The van der Waals surface area contributed by atoms with Crippen LogP contribution in [0.4, 0.5) is 10.7 Å². The first-order valence-electron chi connectivity index (χ1n) is 6.24. The van der Waals surface area contributed by atoms with E-state index < -0.39 is 11.9 Å². The lowest BCUT2D eigenvalue weighted by atomic mass is 10.1. The van der Waals surface area contributed by atoms with E-state index in [1.54, 1.807) is 0 Å². The fraction of sp³-hybridized carbons (Fsp3) is 0.538. The number of carbonyl (C=O) groups excluding carboxylic acids is 2. The van der Waals surface area contributed by atoms with E-state index in [1.807, 2.05) is 0 Å². The van der Waals surface area contributed by atoms with Gasteiger partial charge in [0.05, 0.1) is 19.9 Å². The first kappa shape index (κ1) is 14.6. The molecule has 1 heterocycles. The topological polar surface area (TPSA) is 90.6 Å². The van der Waals surface area contributed by atoms with Gasteiger partial charge < -0.3 is 20.5 Å². The van der Waals surface area contributed by atoms with E-state index in [2.05, 4.69) is 17.0 Å². The average Bonchev–Trinajstić information content (AvgIpc) is 3.08. The van der Waals surface area contributed by atoms with Crippen LogP contribution in [0.25, 0.3) is 0 Å². The largest absolute Gasteiger partial charge is 0.465 e. The first-order valence-corrected chi connectivity index (χ1v) is 7.06. The molecule has 7 heteroatoms. The third-order valence-corrected chi connectivity index (χ3v) is 4.63. The number of nitrogens with two attached hydrogens (primary N) is 1. The SMILES string of the molecule is COC(=O)c1sc(NCC2(C)CC2)c(C(=O)OC)c1N. The van der Waals surface area contributed by atoms with Gasteiger partial charge in [-0.05, 0) is 18.3 Å². The highest BCUT2D eigenvalue weighted by atomic mass is 32.1. The Morgan fingerprint density at radius 1 is 1.30 bits per heavy atom. The third-order valence-electron chi connectivity index (χ3n) is 3.48. The Labute approximate surface area is 121 Å². The number of carbonyl (C=O) groups is 2. The summed E-state index contributed by atoms with van der Waals surface area (Å²) >= 11 is 1.12. The van der Waals surface area contributed by atoms with Crippen molar-refractivity contribution in [2.45, 2.75) is 19.8 Å². The summed E-state index contributed by atoms with van der Waals surface area (Å²) in [6, 6.07) is 0. The van der Waals surface area contributed by atoms with Crippen LogP contribution in [0.5, 0.6) is 0 Å². The van der Waals surface area contributed by atoms with Gasteiger partial charge in [-0.15, -0.1) is 11.3 Å². The summed E-state index contributed by atoms with van der Waals surface area (Å²) in [4.78, 5) is 23.7. The van der Waals surface area contributed by atoms with E-state index in [0.29, 0.717) is 5.00 Å². The molecule has 6 nitrogen and oxygen atoms in total. The number of methoxy groups -OCH3 is 2. The molecule has 0 bridgehead atoms. The van der Waals surface area contributed by atoms with E-state index in [0.717, 1.165) is 30.7 Å². The van der Waals surface area contributed by atoms with E-state index in [4.69, 9.17) is 10.5 Å². The molecule has 0 aliphatic heterocycles. The van der Waals surface area contributed by atoms with Gasteiger partial charge in [-0.25, -0.2) is 9.59 Å². The van der Waals surface area contributed by atoms with Crippen molar-refractivity contribution in [2.75, 3.05) is 31.8 Å². The number of nitrogen functional groups attached to an aromatic ring is 1. The number of esters is 2. The zero-order chi connectivity index (χ0) is 14.9. The van der Waals surface area contributed by atoms with Crippen LogP contribution in [-0.4, -0.2) is 32.7 Å². The molecule has 0 spiro atoms. The predicted octanol–water partition coefficient (Wildman–Crippen LogP) is 2.12. The van der Waals surface area contributed by atoms with Crippen molar-refractivity contribution in [3.05, 3.63) is 10.4 Å². The molecule has 1 aromatic heterocycles. The number of nitrogens with one attached hydrogen (secondary N) is 1. The van der Waals surface area contributed by atoms with Crippen molar-refractivity contribution in [2.24, 2.45) is 5.41 Å². The molecule has 1 aliphatic carbocycles. The number of rotatable bonds is 5. The summed E-state index contributed by atoms with van der Waals surface area (Å²) in [6.07, 6.45) is 2.30. The molecule has 0 atom stereocenters. The van der Waals surface area contributed by atoms with Gasteiger partial charge in [0.15, 0.2) is 0 Å². The molecular formula is C13H18N2O4S. The van der Waals surface area contributed by atoms with Gasteiger partial charge in [-0.2, -0.15) is 0 Å². The van der Waals surface area contributed by atoms with Crippen molar-refractivity contribution in [1.29, 1.82) is 0 Å². The maximum atomic E-state index is 11.8. The van der Waals surface area contributed by atoms with Crippen LogP contribution in [0, 0.1) is 5.41 Å². The molecule has 0 radical (unpaired) electrons. The molecule has 1 aliphatic rings. The minimum Gasteiger partial charge on any atom is -0.465 e. The summed E-state index contributed by atoms with van der Waals surface area (Å²) in [5.41, 5.74) is 6.46. The Hall–Kier alpha value is -1.76. The highest BCUT2D eigenvalue weighted by molar-refractivity contribution is 7.19. The van der Waals surface area contributed by atoms with Crippen LogP contribution in [-0.2, 0) is 9.47 Å². The van der Waals surface area contributed by atoms with Crippen LogP contribution in [0.2, 0.25) is 0 Å². The molecular weight excluding hydrogens is 280 g/mol. The van der Waals surface area contributed by atoms with Crippen LogP contribution >= 0.6 is 11.3 Å². The van der Waals surface area contributed by atoms with E-state index in [9.17, 15) is 9.59 Å². The van der Waals surface area contributed by atoms with Crippen molar-refractivity contribution in [1.82, 2.24) is 0 Å². The Morgan fingerprint density at radius 3 is 2.40 bits per heavy atom. The quantitative estimate of drug-likeness (QED) is 0.809. The second-order valence-electron chi connectivity index (χ2n) is 5.20. The lowest BCUT2D eigenvalue weighted by Gasteiger charge is -2.11. The molecule has 1 saturated carbocycles. The van der Waals surface area contributed by atoms with Crippen LogP contribution in [0.15, 0.2) is 0 Å². The van der Waals surface area contributed by atoms with Crippen molar-refractivity contribution in [3.63, 3.8) is 0 Å². The molecule has 110 valence electrons. The molecule has 1 fully saturated rings. The van der Waals surface area contributed by atoms with Gasteiger partial charge in [0.2, 0.25) is 0 Å². The van der Waals surface area contributed by atoms with Crippen molar-refractivity contribution in [3.8, 4) is 0 Å². The van der Waals surface area contributed by atoms with Crippen molar-refractivity contribution >= 4 is 34.0 Å². The van der Waals surface area contributed by atoms with Gasteiger partial charge in [0, 0.05) is 6.54 Å². The molecule has 0 amide bonds. The minimum atomic E-state index is -0.558. The molecule has 0 aromatic carbocycles. The summed E-state index contributed by atoms with van der Waals surface area (Å²) in [5.74, 6) is -1.11. The van der Waals surface area contributed by atoms with E-state index in [-0.39, 0.29) is 21.5 Å². The van der Waals surface area contributed by atoms with Gasteiger partial charge in [-0.3, -0.25) is 0 Å². The fourth-order valence-corrected chi connectivity index (χ4v) is 2.82. The summed E-state index contributed by atoms with van der Waals surface area (Å²) < 4.78 is 9.40. The Bertz CT molecular complexity index is 549. The van der Waals surface area contributed by atoms with Gasteiger partial charge >= 0.3 is 11.9 Å². The highest BCUT2D eigenvalue weighted by Gasteiger charge is 2.37. The maximum absolute atomic E-state index is 11.8. The zero-order valence-corrected chi connectivity index (χ0v) is 12.6. The minimum absolute atomic E-state index is 0.108. The molecule has 2 rings (SSSR count). The Kier molecular flexibility index (Phi) is 3.89. The monoisotopic (exact) mass is 298 g/mol. The fourth-order valence-electron chi connectivity index (χ4n) is 1.80. The van der Waals surface area contributed by atoms with Gasteiger partial charge in [-0.1, -0.05) is 6.92 Å². The Morgan fingerprint density at radius 2 is 1.90 bits per heavy atom. The maximum Gasteiger partial charge on any atom is 0.350 e. The first-order chi connectivity index (χ1) is 9.41. The summed E-state index contributed by atoms with van der Waals surface area (Å²) in [7, 11) is 2.56.